The molecule has 30 heavy (non-hydrogen) atoms. The van der Waals surface area contributed by atoms with Crippen LogP contribution in [0.3, 0.4) is 0 Å². The molecule has 0 unspecified atom stereocenters. The fraction of sp³-hybridized carbons (Fsp3) is 0.435. The molecule has 160 valence electrons. The molecule has 5 nitrogen and oxygen atoms in total. The van der Waals surface area contributed by atoms with Gasteiger partial charge in [0.2, 0.25) is 0 Å². The van der Waals surface area contributed by atoms with E-state index in [4.69, 9.17) is 16.3 Å². The first-order chi connectivity index (χ1) is 14.4. The average molecular weight is 433 g/mol. The third-order valence-electron chi connectivity index (χ3n) is 6.03. The Kier molecular flexibility index (Phi) is 6.27. The summed E-state index contributed by atoms with van der Waals surface area (Å²) in [4.78, 5) is 14.6. The predicted octanol–water partition coefficient (Wildman–Crippen LogP) is 4.09. The van der Waals surface area contributed by atoms with Crippen molar-refractivity contribution in [3.05, 3.63) is 70.5 Å². The summed E-state index contributed by atoms with van der Waals surface area (Å²) in [7, 11) is 0. The molecule has 2 aliphatic rings. The van der Waals surface area contributed by atoms with Crippen LogP contribution in [0, 0.1) is 5.82 Å². The molecule has 2 atom stereocenters. The van der Waals surface area contributed by atoms with Gasteiger partial charge in [-0.15, -0.1) is 0 Å². The van der Waals surface area contributed by atoms with Gasteiger partial charge in [-0.3, -0.25) is 0 Å². The molecule has 2 heterocycles. The zero-order valence-corrected chi connectivity index (χ0v) is 17.4. The van der Waals surface area contributed by atoms with Crippen molar-refractivity contribution >= 4 is 17.6 Å². The molecular formula is C23H26ClFN2O3. The summed E-state index contributed by atoms with van der Waals surface area (Å²) in [5.41, 5.74) is 1.01. The van der Waals surface area contributed by atoms with E-state index in [2.05, 4.69) is 5.32 Å². The highest BCUT2D eigenvalue weighted by molar-refractivity contribution is 6.30. The highest BCUT2D eigenvalue weighted by Crippen LogP contribution is 2.31. The quantitative estimate of drug-likeness (QED) is 0.765. The van der Waals surface area contributed by atoms with E-state index in [0.717, 1.165) is 17.5 Å². The molecule has 0 spiro atoms. The smallest absolute Gasteiger partial charge is 0.317 e. The number of likely N-dealkylation sites (tertiary alicyclic amines) is 1. The second kappa shape index (κ2) is 8.92. The fourth-order valence-corrected chi connectivity index (χ4v) is 4.38. The number of carbonyl (C=O) groups excluding carboxylic acids is 1. The topological polar surface area (TPSA) is 61.8 Å². The maximum atomic E-state index is 13.1. The van der Waals surface area contributed by atoms with Crippen LogP contribution in [0.15, 0.2) is 48.5 Å². The first kappa shape index (κ1) is 21.1. The molecule has 2 fully saturated rings. The van der Waals surface area contributed by atoms with E-state index >= 15 is 0 Å². The van der Waals surface area contributed by atoms with Crippen molar-refractivity contribution in [2.24, 2.45) is 0 Å². The summed E-state index contributed by atoms with van der Waals surface area (Å²) in [6.07, 6.45) is 1.99. The molecule has 2 aromatic rings. The van der Waals surface area contributed by atoms with Gasteiger partial charge < -0.3 is 20.1 Å². The van der Waals surface area contributed by atoms with E-state index < -0.39 is 5.60 Å². The van der Waals surface area contributed by atoms with Crippen molar-refractivity contribution in [1.29, 1.82) is 0 Å². The normalized spacial score (nSPS) is 23.4. The number of piperidine rings is 1. The van der Waals surface area contributed by atoms with E-state index in [1.165, 1.54) is 12.1 Å². The van der Waals surface area contributed by atoms with Gasteiger partial charge in [-0.1, -0.05) is 35.9 Å². The minimum absolute atomic E-state index is 0.0984. The molecule has 0 radical (unpaired) electrons. The Balaban J connectivity index is 1.31. The standard InChI is InChI=1S/C23H26ClFN2O3/c24-18-5-3-17(4-6-18)21-20(9-14-30-21)26-22(28)27-12-10-23(29,11-13-27)15-16-1-7-19(25)8-2-16/h1-8,20-21,29H,9-15H2,(H,26,28)/t20-,21+/m1/s1. The number of rotatable bonds is 4. The highest BCUT2D eigenvalue weighted by atomic mass is 35.5. The van der Waals surface area contributed by atoms with E-state index in [9.17, 15) is 14.3 Å². The van der Waals surface area contributed by atoms with Crippen molar-refractivity contribution in [2.75, 3.05) is 19.7 Å². The molecule has 2 saturated heterocycles. The van der Waals surface area contributed by atoms with Crippen molar-refractivity contribution in [3.8, 4) is 0 Å². The number of amides is 2. The molecule has 2 aliphatic heterocycles. The van der Waals surface area contributed by atoms with Gasteiger partial charge >= 0.3 is 6.03 Å². The minimum Gasteiger partial charge on any atom is -0.389 e. The highest BCUT2D eigenvalue weighted by Gasteiger charge is 2.36. The van der Waals surface area contributed by atoms with Gasteiger partial charge in [0, 0.05) is 31.1 Å². The van der Waals surface area contributed by atoms with E-state index in [-0.39, 0.29) is 24.0 Å². The molecule has 7 heteroatoms. The van der Waals surface area contributed by atoms with Crippen LogP contribution in [-0.2, 0) is 11.2 Å². The number of nitrogens with zero attached hydrogens (tertiary/aromatic N) is 1. The summed E-state index contributed by atoms with van der Waals surface area (Å²) in [5, 5.41) is 14.7. The van der Waals surface area contributed by atoms with Crippen LogP contribution >= 0.6 is 11.6 Å². The first-order valence-corrected chi connectivity index (χ1v) is 10.7. The lowest BCUT2D eigenvalue weighted by Crippen LogP contribution is -2.52. The summed E-state index contributed by atoms with van der Waals surface area (Å²) in [6.45, 7) is 1.54. The number of hydrogen-bond acceptors (Lipinski definition) is 3. The summed E-state index contributed by atoms with van der Waals surface area (Å²) >= 11 is 5.97. The van der Waals surface area contributed by atoms with Crippen LogP contribution < -0.4 is 5.32 Å². The Morgan fingerprint density at radius 3 is 2.50 bits per heavy atom. The van der Waals surface area contributed by atoms with Crippen molar-refractivity contribution in [3.63, 3.8) is 0 Å². The van der Waals surface area contributed by atoms with E-state index in [0.29, 0.717) is 44.0 Å². The van der Waals surface area contributed by atoms with Crippen LogP contribution in [0.25, 0.3) is 0 Å². The van der Waals surface area contributed by atoms with Gasteiger partial charge in [0.15, 0.2) is 0 Å². The first-order valence-electron chi connectivity index (χ1n) is 10.3. The van der Waals surface area contributed by atoms with Gasteiger partial charge in [-0.05, 0) is 54.7 Å². The Morgan fingerprint density at radius 2 is 1.83 bits per heavy atom. The number of benzene rings is 2. The SMILES string of the molecule is O=C(N[C@@H]1CCO[C@H]1c1ccc(Cl)cc1)N1CCC(O)(Cc2ccc(F)cc2)CC1. The van der Waals surface area contributed by atoms with Crippen molar-refractivity contribution in [2.45, 2.75) is 43.4 Å². The molecule has 0 aromatic heterocycles. The lowest BCUT2D eigenvalue weighted by molar-refractivity contribution is -0.0121. The van der Waals surface area contributed by atoms with Gasteiger partial charge in [-0.2, -0.15) is 0 Å². The molecule has 4 rings (SSSR count). The number of ether oxygens (including phenoxy) is 1. The largest absolute Gasteiger partial charge is 0.389 e. The lowest BCUT2D eigenvalue weighted by Gasteiger charge is -2.39. The third kappa shape index (κ3) is 4.94. The van der Waals surface area contributed by atoms with Crippen LogP contribution in [0.4, 0.5) is 9.18 Å². The number of urea groups is 1. The average Bonchev–Trinajstić information content (AvgIpc) is 3.19. The predicted molar refractivity (Wildman–Crippen MR) is 113 cm³/mol. The molecule has 0 aliphatic carbocycles. The molecule has 0 bridgehead atoms. The number of aliphatic hydroxyl groups is 1. The summed E-state index contributed by atoms with van der Waals surface area (Å²) in [6, 6.07) is 13.5. The zero-order chi connectivity index (χ0) is 21.1. The molecular weight excluding hydrogens is 407 g/mol. The van der Waals surface area contributed by atoms with Gasteiger partial charge in [-0.25, -0.2) is 9.18 Å². The Morgan fingerprint density at radius 1 is 1.17 bits per heavy atom. The van der Waals surface area contributed by atoms with Crippen molar-refractivity contribution in [1.82, 2.24) is 10.2 Å². The number of carbonyl (C=O) groups is 1. The fourth-order valence-electron chi connectivity index (χ4n) is 4.25. The third-order valence-corrected chi connectivity index (χ3v) is 6.28. The Bertz CT molecular complexity index is 867. The second-order valence-electron chi connectivity index (χ2n) is 8.20. The lowest BCUT2D eigenvalue weighted by atomic mass is 9.85. The Labute approximate surface area is 180 Å². The van der Waals surface area contributed by atoms with E-state index in [1.54, 1.807) is 17.0 Å². The second-order valence-corrected chi connectivity index (χ2v) is 8.64. The monoisotopic (exact) mass is 432 g/mol. The van der Waals surface area contributed by atoms with Gasteiger partial charge in [0.25, 0.3) is 0 Å². The maximum absolute atomic E-state index is 13.1. The van der Waals surface area contributed by atoms with Gasteiger partial charge in [0.05, 0.1) is 11.6 Å². The number of nitrogens with one attached hydrogen (secondary N) is 1. The van der Waals surface area contributed by atoms with Crippen LogP contribution in [0.1, 0.15) is 36.5 Å². The van der Waals surface area contributed by atoms with Crippen LogP contribution in [-0.4, -0.2) is 47.4 Å². The van der Waals surface area contributed by atoms with Gasteiger partial charge in [0.1, 0.15) is 11.9 Å². The van der Waals surface area contributed by atoms with Crippen LogP contribution in [0.5, 0.6) is 0 Å². The van der Waals surface area contributed by atoms with Crippen LogP contribution in [0.2, 0.25) is 5.02 Å². The number of halogens is 2. The Hall–Kier alpha value is -2.15. The maximum Gasteiger partial charge on any atom is 0.317 e. The summed E-state index contributed by atoms with van der Waals surface area (Å²) in [5.74, 6) is -0.287. The zero-order valence-electron chi connectivity index (χ0n) is 16.7. The minimum atomic E-state index is -0.878. The molecule has 2 aromatic carbocycles. The number of hydrogen-bond donors (Lipinski definition) is 2. The van der Waals surface area contributed by atoms with E-state index in [1.807, 2.05) is 24.3 Å². The summed E-state index contributed by atoms with van der Waals surface area (Å²) < 4.78 is 18.9. The molecule has 2 amide bonds. The molecule has 0 saturated carbocycles. The van der Waals surface area contributed by atoms with Crippen molar-refractivity contribution < 1.29 is 19.0 Å². The molecule has 2 N–H and O–H groups in total.